The summed E-state index contributed by atoms with van der Waals surface area (Å²) in [4.78, 5) is 3.78. The standard InChI is InChI=1S/C12H18N4S/c1-10-4-7-17-12(10)8-15(3)5-6-16-9-13-14-11(16)2/h4,7,9H,5-6,8H2,1-3H3. The molecule has 92 valence electrons. The summed E-state index contributed by atoms with van der Waals surface area (Å²) in [5.74, 6) is 0.978. The van der Waals surface area contributed by atoms with Crippen LogP contribution in [0.3, 0.4) is 0 Å². The lowest BCUT2D eigenvalue weighted by Crippen LogP contribution is -2.22. The zero-order chi connectivity index (χ0) is 12.3. The van der Waals surface area contributed by atoms with Crippen LogP contribution in [-0.4, -0.2) is 33.3 Å². The second kappa shape index (κ2) is 5.42. The lowest BCUT2D eigenvalue weighted by Gasteiger charge is -2.16. The smallest absolute Gasteiger partial charge is 0.129 e. The van der Waals surface area contributed by atoms with E-state index in [4.69, 9.17) is 0 Å². The third kappa shape index (κ3) is 3.14. The molecule has 0 aliphatic heterocycles. The Morgan fingerprint density at radius 1 is 1.41 bits per heavy atom. The summed E-state index contributed by atoms with van der Waals surface area (Å²) in [6.07, 6.45) is 1.79. The minimum atomic E-state index is 0.944. The van der Waals surface area contributed by atoms with Crippen molar-refractivity contribution in [3.63, 3.8) is 0 Å². The van der Waals surface area contributed by atoms with Gasteiger partial charge in [-0.1, -0.05) is 0 Å². The van der Waals surface area contributed by atoms with Crippen LogP contribution in [0.25, 0.3) is 0 Å². The van der Waals surface area contributed by atoms with Crippen molar-refractivity contribution in [3.05, 3.63) is 34.0 Å². The lowest BCUT2D eigenvalue weighted by atomic mass is 10.3. The van der Waals surface area contributed by atoms with Crippen LogP contribution in [0.5, 0.6) is 0 Å². The fourth-order valence-corrected chi connectivity index (χ4v) is 2.69. The fraction of sp³-hybridized carbons (Fsp3) is 0.500. The molecule has 0 aliphatic carbocycles. The molecule has 0 radical (unpaired) electrons. The predicted molar refractivity (Wildman–Crippen MR) is 70.1 cm³/mol. The van der Waals surface area contributed by atoms with Gasteiger partial charge < -0.3 is 4.57 Å². The molecule has 0 N–H and O–H groups in total. The normalized spacial score (nSPS) is 11.3. The third-order valence-corrected chi connectivity index (χ3v) is 3.92. The van der Waals surface area contributed by atoms with E-state index in [0.29, 0.717) is 0 Å². The zero-order valence-corrected chi connectivity index (χ0v) is 11.4. The van der Waals surface area contributed by atoms with E-state index in [0.717, 1.165) is 25.5 Å². The number of aromatic nitrogens is 3. The van der Waals surface area contributed by atoms with Crippen LogP contribution in [0, 0.1) is 13.8 Å². The topological polar surface area (TPSA) is 34.0 Å². The van der Waals surface area contributed by atoms with Crippen molar-refractivity contribution in [1.82, 2.24) is 19.7 Å². The Morgan fingerprint density at radius 3 is 2.82 bits per heavy atom. The monoisotopic (exact) mass is 250 g/mol. The molecule has 0 fully saturated rings. The molecular formula is C12H18N4S. The maximum Gasteiger partial charge on any atom is 0.129 e. The minimum absolute atomic E-state index is 0.944. The van der Waals surface area contributed by atoms with Crippen LogP contribution in [0.4, 0.5) is 0 Å². The van der Waals surface area contributed by atoms with Gasteiger partial charge in [0.2, 0.25) is 0 Å². The Balaban J connectivity index is 1.84. The van der Waals surface area contributed by atoms with Gasteiger partial charge in [0.05, 0.1) is 0 Å². The molecule has 2 rings (SSSR count). The second-order valence-electron chi connectivity index (χ2n) is 4.34. The van der Waals surface area contributed by atoms with Gasteiger partial charge in [0, 0.05) is 24.5 Å². The van der Waals surface area contributed by atoms with E-state index in [2.05, 4.69) is 45.1 Å². The average molecular weight is 250 g/mol. The molecule has 4 nitrogen and oxygen atoms in total. The van der Waals surface area contributed by atoms with Gasteiger partial charge in [0.15, 0.2) is 0 Å². The maximum atomic E-state index is 3.98. The van der Waals surface area contributed by atoms with Crippen molar-refractivity contribution in [1.29, 1.82) is 0 Å². The molecule has 0 aromatic carbocycles. The molecule has 2 aromatic rings. The van der Waals surface area contributed by atoms with Gasteiger partial charge >= 0.3 is 0 Å². The molecule has 0 amide bonds. The quantitative estimate of drug-likeness (QED) is 0.815. The van der Waals surface area contributed by atoms with Crippen molar-refractivity contribution in [3.8, 4) is 0 Å². The Kier molecular flexibility index (Phi) is 3.91. The van der Waals surface area contributed by atoms with Gasteiger partial charge in [-0.15, -0.1) is 21.5 Å². The SMILES string of the molecule is Cc1ccsc1CN(C)CCn1cnnc1C. The number of hydrogen-bond donors (Lipinski definition) is 0. The molecule has 0 atom stereocenters. The van der Waals surface area contributed by atoms with Crippen LogP contribution in [0.2, 0.25) is 0 Å². The Hall–Kier alpha value is -1.20. The summed E-state index contributed by atoms with van der Waals surface area (Å²) < 4.78 is 2.08. The molecule has 5 heteroatoms. The molecule has 0 saturated carbocycles. The highest BCUT2D eigenvalue weighted by atomic mass is 32.1. The van der Waals surface area contributed by atoms with Crippen molar-refractivity contribution < 1.29 is 0 Å². The minimum Gasteiger partial charge on any atom is -0.317 e. The van der Waals surface area contributed by atoms with Crippen LogP contribution in [-0.2, 0) is 13.1 Å². The third-order valence-electron chi connectivity index (χ3n) is 2.91. The number of rotatable bonds is 5. The fourth-order valence-electron chi connectivity index (χ4n) is 1.70. The summed E-state index contributed by atoms with van der Waals surface area (Å²) in [5, 5.41) is 10.0. The number of nitrogens with zero attached hydrogens (tertiary/aromatic N) is 4. The number of likely N-dealkylation sites (N-methyl/N-ethyl adjacent to an activating group) is 1. The molecule has 17 heavy (non-hydrogen) atoms. The lowest BCUT2D eigenvalue weighted by molar-refractivity contribution is 0.312. The zero-order valence-electron chi connectivity index (χ0n) is 10.6. The van der Waals surface area contributed by atoms with Crippen molar-refractivity contribution in [2.24, 2.45) is 0 Å². The van der Waals surface area contributed by atoms with Gasteiger partial charge in [-0.05, 0) is 37.9 Å². The summed E-state index contributed by atoms with van der Waals surface area (Å²) in [6, 6.07) is 2.18. The molecule has 0 aliphatic rings. The highest BCUT2D eigenvalue weighted by molar-refractivity contribution is 7.10. The molecule has 2 aromatic heterocycles. The first-order valence-electron chi connectivity index (χ1n) is 5.72. The van der Waals surface area contributed by atoms with Gasteiger partial charge in [-0.2, -0.15) is 0 Å². The molecule has 0 unspecified atom stereocenters. The summed E-state index contributed by atoms with van der Waals surface area (Å²) in [7, 11) is 2.15. The van der Waals surface area contributed by atoms with Crippen molar-refractivity contribution in [2.45, 2.75) is 26.9 Å². The van der Waals surface area contributed by atoms with Gasteiger partial charge in [-0.25, -0.2) is 0 Å². The van der Waals surface area contributed by atoms with E-state index in [1.807, 2.05) is 18.3 Å². The van der Waals surface area contributed by atoms with Gasteiger partial charge in [0.1, 0.15) is 12.2 Å². The van der Waals surface area contributed by atoms with Crippen LogP contribution in [0.1, 0.15) is 16.3 Å². The molecule has 0 spiro atoms. The maximum absolute atomic E-state index is 3.98. The highest BCUT2D eigenvalue weighted by Gasteiger charge is 2.05. The van der Waals surface area contributed by atoms with E-state index >= 15 is 0 Å². The Bertz CT molecular complexity index is 474. The molecule has 0 saturated heterocycles. The van der Waals surface area contributed by atoms with E-state index in [-0.39, 0.29) is 0 Å². The van der Waals surface area contributed by atoms with Crippen LogP contribution in [0.15, 0.2) is 17.8 Å². The average Bonchev–Trinajstić information content (AvgIpc) is 2.86. The predicted octanol–water partition coefficient (Wildman–Crippen LogP) is 2.09. The summed E-state index contributed by atoms with van der Waals surface area (Å²) in [6.45, 7) is 7.13. The highest BCUT2D eigenvalue weighted by Crippen LogP contribution is 2.17. The van der Waals surface area contributed by atoms with E-state index in [1.165, 1.54) is 10.4 Å². The molecule has 0 bridgehead atoms. The van der Waals surface area contributed by atoms with Gasteiger partial charge in [-0.3, -0.25) is 4.90 Å². The van der Waals surface area contributed by atoms with E-state index < -0.39 is 0 Å². The largest absolute Gasteiger partial charge is 0.317 e. The molecule has 2 heterocycles. The number of hydrogen-bond acceptors (Lipinski definition) is 4. The first kappa shape index (κ1) is 12.3. The summed E-state index contributed by atoms with van der Waals surface area (Å²) >= 11 is 1.83. The first-order valence-corrected chi connectivity index (χ1v) is 6.60. The van der Waals surface area contributed by atoms with Crippen LogP contribution >= 0.6 is 11.3 Å². The Labute approximate surface area is 106 Å². The second-order valence-corrected chi connectivity index (χ2v) is 5.34. The first-order chi connectivity index (χ1) is 8.16. The van der Waals surface area contributed by atoms with E-state index in [1.54, 1.807) is 6.33 Å². The molecular weight excluding hydrogens is 232 g/mol. The number of thiophene rings is 1. The van der Waals surface area contributed by atoms with Crippen molar-refractivity contribution >= 4 is 11.3 Å². The van der Waals surface area contributed by atoms with E-state index in [9.17, 15) is 0 Å². The number of aryl methyl sites for hydroxylation is 2. The summed E-state index contributed by atoms with van der Waals surface area (Å²) in [5.41, 5.74) is 1.39. The Morgan fingerprint density at radius 2 is 2.24 bits per heavy atom. The van der Waals surface area contributed by atoms with Crippen molar-refractivity contribution in [2.75, 3.05) is 13.6 Å². The van der Waals surface area contributed by atoms with Gasteiger partial charge in [0.25, 0.3) is 0 Å². The van der Waals surface area contributed by atoms with Crippen LogP contribution < -0.4 is 0 Å².